The van der Waals surface area contributed by atoms with Crippen LogP contribution in [-0.2, 0) is 6.42 Å². The molecule has 1 aliphatic heterocycles. The number of rotatable bonds is 9. The molecule has 5 rings (SSSR count). The van der Waals surface area contributed by atoms with E-state index >= 15 is 0 Å². The number of aryl methyl sites for hydroxylation is 1. The van der Waals surface area contributed by atoms with Crippen LogP contribution in [0.1, 0.15) is 42.9 Å². The molecule has 1 unspecified atom stereocenters. The SMILES string of the molecule is COc1cc2nc(C)nc(NC(C)c3csc(-c4c[nH]nc4CCN4CCCC4)c3)c2cc1OC. The van der Waals surface area contributed by atoms with Gasteiger partial charge in [-0.15, -0.1) is 11.3 Å². The van der Waals surface area contributed by atoms with Crippen molar-refractivity contribution in [2.45, 2.75) is 39.2 Å². The maximum Gasteiger partial charge on any atom is 0.162 e. The highest BCUT2D eigenvalue weighted by atomic mass is 32.1. The van der Waals surface area contributed by atoms with E-state index in [1.54, 1.807) is 25.6 Å². The molecule has 1 saturated heterocycles. The molecule has 1 fully saturated rings. The van der Waals surface area contributed by atoms with Crippen LogP contribution in [0.4, 0.5) is 5.82 Å². The zero-order valence-corrected chi connectivity index (χ0v) is 21.5. The van der Waals surface area contributed by atoms with E-state index in [-0.39, 0.29) is 6.04 Å². The number of aromatic amines is 1. The maximum atomic E-state index is 5.51. The minimum Gasteiger partial charge on any atom is -0.493 e. The van der Waals surface area contributed by atoms with Crippen molar-refractivity contribution >= 4 is 28.1 Å². The van der Waals surface area contributed by atoms with Gasteiger partial charge in [-0.25, -0.2) is 9.97 Å². The number of thiophene rings is 1. The second-order valence-corrected chi connectivity index (χ2v) is 9.91. The lowest BCUT2D eigenvalue weighted by molar-refractivity contribution is 0.342. The molecule has 4 heterocycles. The van der Waals surface area contributed by atoms with Crippen LogP contribution in [-0.4, -0.2) is 58.9 Å². The summed E-state index contributed by atoms with van der Waals surface area (Å²) in [6, 6.07) is 6.14. The van der Waals surface area contributed by atoms with Gasteiger partial charge in [-0.1, -0.05) is 0 Å². The lowest BCUT2D eigenvalue weighted by Gasteiger charge is -2.17. The van der Waals surface area contributed by atoms with Crippen molar-refractivity contribution in [2.75, 3.05) is 39.2 Å². The zero-order valence-electron chi connectivity index (χ0n) is 20.7. The monoisotopic (exact) mass is 492 g/mol. The number of methoxy groups -OCH3 is 2. The van der Waals surface area contributed by atoms with Gasteiger partial charge in [0.2, 0.25) is 0 Å². The van der Waals surface area contributed by atoms with Crippen molar-refractivity contribution in [2.24, 2.45) is 0 Å². The maximum absolute atomic E-state index is 5.51. The fourth-order valence-corrected chi connectivity index (χ4v) is 5.72. The van der Waals surface area contributed by atoms with E-state index in [1.807, 2.05) is 25.3 Å². The number of hydrogen-bond acceptors (Lipinski definition) is 8. The van der Waals surface area contributed by atoms with Crippen LogP contribution in [0.3, 0.4) is 0 Å². The summed E-state index contributed by atoms with van der Waals surface area (Å²) in [7, 11) is 3.27. The highest BCUT2D eigenvalue weighted by molar-refractivity contribution is 7.13. The van der Waals surface area contributed by atoms with Crippen molar-refractivity contribution in [3.8, 4) is 21.9 Å². The molecule has 1 aromatic carbocycles. The number of nitrogens with one attached hydrogen (secondary N) is 2. The standard InChI is InChI=1S/C26H32N6O2S/c1-16(28-26-19-12-23(33-3)24(34-4)13-22(19)29-17(2)30-26)18-11-25(35-15-18)20-14-27-31-21(20)7-10-32-8-5-6-9-32/h11-16H,5-10H2,1-4H3,(H,27,31)(H,28,29,30). The third-order valence-corrected chi connectivity index (χ3v) is 7.62. The highest BCUT2D eigenvalue weighted by Gasteiger charge is 2.18. The summed E-state index contributed by atoms with van der Waals surface area (Å²) >= 11 is 1.75. The number of aromatic nitrogens is 4. The molecule has 4 aromatic rings. The molecule has 184 valence electrons. The molecule has 2 N–H and O–H groups in total. The molecule has 3 aromatic heterocycles. The summed E-state index contributed by atoms with van der Waals surface area (Å²) in [5, 5.41) is 14.3. The van der Waals surface area contributed by atoms with Gasteiger partial charge in [0, 0.05) is 41.1 Å². The molecule has 0 bridgehead atoms. The molecule has 35 heavy (non-hydrogen) atoms. The second kappa shape index (κ2) is 10.2. The fourth-order valence-electron chi connectivity index (χ4n) is 4.68. The number of hydrogen-bond donors (Lipinski definition) is 2. The Balaban J connectivity index is 1.36. The first-order valence-electron chi connectivity index (χ1n) is 12.1. The summed E-state index contributed by atoms with van der Waals surface area (Å²) in [4.78, 5) is 13.1. The minimum absolute atomic E-state index is 0.0607. The number of anilines is 1. The third kappa shape index (κ3) is 4.97. The fraction of sp³-hybridized carbons (Fsp3) is 0.423. The van der Waals surface area contributed by atoms with Crippen LogP contribution in [0, 0.1) is 6.92 Å². The molecule has 1 atom stereocenters. The van der Waals surface area contributed by atoms with Gasteiger partial charge in [0.1, 0.15) is 11.6 Å². The molecule has 0 aliphatic carbocycles. The van der Waals surface area contributed by atoms with Crippen LogP contribution in [0.2, 0.25) is 0 Å². The van der Waals surface area contributed by atoms with Gasteiger partial charge >= 0.3 is 0 Å². The molecule has 9 heteroatoms. The number of likely N-dealkylation sites (tertiary alicyclic amines) is 1. The van der Waals surface area contributed by atoms with E-state index in [0.29, 0.717) is 17.3 Å². The van der Waals surface area contributed by atoms with Crippen molar-refractivity contribution in [3.63, 3.8) is 0 Å². The molecule has 8 nitrogen and oxygen atoms in total. The van der Waals surface area contributed by atoms with Crippen LogP contribution in [0.5, 0.6) is 11.5 Å². The predicted molar refractivity (Wildman–Crippen MR) is 141 cm³/mol. The van der Waals surface area contributed by atoms with Crippen LogP contribution < -0.4 is 14.8 Å². The number of nitrogens with zero attached hydrogens (tertiary/aromatic N) is 4. The Labute approximate surface area is 209 Å². The van der Waals surface area contributed by atoms with Gasteiger partial charge in [-0.05, 0) is 62.9 Å². The molecule has 0 saturated carbocycles. The Hall–Kier alpha value is -3.17. The first-order valence-corrected chi connectivity index (χ1v) is 12.9. The molecular formula is C26H32N6O2S. The molecule has 0 amide bonds. The Morgan fingerprint density at radius 2 is 1.89 bits per heavy atom. The molecule has 0 radical (unpaired) electrons. The Kier molecular flexibility index (Phi) is 6.88. The number of benzene rings is 1. The lowest BCUT2D eigenvalue weighted by Crippen LogP contribution is -2.22. The Morgan fingerprint density at radius 1 is 1.11 bits per heavy atom. The number of H-pyrrole nitrogens is 1. The number of ether oxygens (including phenoxy) is 2. The minimum atomic E-state index is 0.0607. The summed E-state index contributed by atoms with van der Waals surface area (Å²) < 4.78 is 11.0. The topological polar surface area (TPSA) is 88.2 Å². The van der Waals surface area contributed by atoms with E-state index in [9.17, 15) is 0 Å². The zero-order chi connectivity index (χ0) is 24.4. The lowest BCUT2D eigenvalue weighted by atomic mass is 10.1. The van der Waals surface area contributed by atoms with E-state index in [4.69, 9.17) is 14.5 Å². The first kappa shape index (κ1) is 23.6. The normalized spacial score (nSPS) is 15.0. The highest BCUT2D eigenvalue weighted by Crippen LogP contribution is 2.36. The van der Waals surface area contributed by atoms with Gasteiger partial charge in [-0.2, -0.15) is 5.10 Å². The van der Waals surface area contributed by atoms with Crippen molar-refractivity contribution in [1.29, 1.82) is 0 Å². The van der Waals surface area contributed by atoms with Crippen molar-refractivity contribution < 1.29 is 9.47 Å². The second-order valence-electron chi connectivity index (χ2n) is 9.00. The van der Waals surface area contributed by atoms with Crippen LogP contribution in [0.15, 0.2) is 29.8 Å². The van der Waals surface area contributed by atoms with Gasteiger partial charge in [0.25, 0.3) is 0 Å². The Morgan fingerprint density at radius 3 is 2.66 bits per heavy atom. The summed E-state index contributed by atoms with van der Waals surface area (Å²) in [6.45, 7) is 7.54. The van der Waals surface area contributed by atoms with E-state index in [1.165, 1.54) is 41.9 Å². The van der Waals surface area contributed by atoms with Crippen LogP contribution >= 0.6 is 11.3 Å². The van der Waals surface area contributed by atoms with Crippen molar-refractivity contribution in [1.82, 2.24) is 25.1 Å². The summed E-state index contributed by atoms with van der Waals surface area (Å²) in [5.41, 5.74) is 4.37. The quantitative estimate of drug-likeness (QED) is 0.331. The summed E-state index contributed by atoms with van der Waals surface area (Å²) in [5.74, 6) is 2.79. The van der Waals surface area contributed by atoms with Gasteiger partial charge < -0.3 is 19.7 Å². The Bertz CT molecular complexity index is 1310. The number of fused-ring (bicyclic) bond motifs is 1. The van der Waals surface area contributed by atoms with Crippen molar-refractivity contribution in [3.05, 3.63) is 46.9 Å². The molecule has 1 aliphatic rings. The van der Waals surface area contributed by atoms with Gasteiger partial charge in [-0.3, -0.25) is 5.10 Å². The largest absolute Gasteiger partial charge is 0.493 e. The average molecular weight is 493 g/mol. The van der Waals surface area contributed by atoms with Crippen LogP contribution in [0.25, 0.3) is 21.3 Å². The van der Waals surface area contributed by atoms with E-state index in [0.717, 1.165) is 35.4 Å². The smallest absolute Gasteiger partial charge is 0.162 e. The van der Waals surface area contributed by atoms with E-state index in [2.05, 4.69) is 43.8 Å². The predicted octanol–water partition coefficient (Wildman–Crippen LogP) is 5.22. The molecule has 0 spiro atoms. The van der Waals surface area contributed by atoms with E-state index < -0.39 is 0 Å². The average Bonchev–Trinajstić information content (AvgIpc) is 3.63. The third-order valence-electron chi connectivity index (χ3n) is 6.63. The first-order chi connectivity index (χ1) is 17.1. The summed E-state index contributed by atoms with van der Waals surface area (Å²) in [6.07, 6.45) is 5.62. The molecular weight excluding hydrogens is 460 g/mol. The van der Waals surface area contributed by atoms with Gasteiger partial charge in [0.05, 0.1) is 31.5 Å². The van der Waals surface area contributed by atoms with Gasteiger partial charge in [0.15, 0.2) is 11.5 Å².